The topological polar surface area (TPSA) is 54.4 Å². The van der Waals surface area contributed by atoms with E-state index in [9.17, 15) is 12.8 Å². The summed E-state index contributed by atoms with van der Waals surface area (Å²) >= 11 is 0.951. The van der Waals surface area contributed by atoms with Crippen molar-refractivity contribution in [2.45, 2.75) is 9.79 Å². The van der Waals surface area contributed by atoms with E-state index in [1.807, 2.05) is 0 Å². The highest BCUT2D eigenvalue weighted by atomic mass is 32.2. The van der Waals surface area contributed by atoms with Crippen molar-refractivity contribution >= 4 is 21.9 Å². The highest BCUT2D eigenvalue weighted by Crippen LogP contribution is 2.19. The third kappa shape index (κ3) is 2.98. The van der Waals surface area contributed by atoms with Crippen LogP contribution in [0.4, 0.5) is 4.39 Å². The predicted octanol–water partition coefficient (Wildman–Crippen LogP) is 1.95. The first kappa shape index (κ1) is 10.5. The van der Waals surface area contributed by atoms with Crippen LogP contribution in [0.3, 0.4) is 0 Å². The lowest BCUT2D eigenvalue weighted by Crippen LogP contribution is -1.96. The normalized spacial score (nSPS) is 11.5. The third-order valence-corrected chi connectivity index (χ3v) is 2.93. The number of hydrogen-bond donors (Lipinski definition) is 1. The van der Waals surface area contributed by atoms with Crippen LogP contribution in [0.1, 0.15) is 0 Å². The number of halogens is 1. The maximum atomic E-state index is 11.8. The van der Waals surface area contributed by atoms with Crippen LogP contribution in [0, 0.1) is 0 Å². The highest BCUT2D eigenvalue weighted by Gasteiger charge is 2.07. The van der Waals surface area contributed by atoms with Crippen LogP contribution in [0.15, 0.2) is 34.1 Å². The van der Waals surface area contributed by atoms with Gasteiger partial charge in [-0.3, -0.25) is 4.55 Å². The first-order chi connectivity index (χ1) is 6.04. The Morgan fingerprint density at radius 2 is 1.85 bits per heavy atom. The number of rotatable bonds is 3. The van der Waals surface area contributed by atoms with Crippen LogP contribution in [0.25, 0.3) is 0 Å². The van der Waals surface area contributed by atoms with Gasteiger partial charge in [-0.15, -0.1) is 0 Å². The highest BCUT2D eigenvalue weighted by molar-refractivity contribution is 7.99. The lowest BCUT2D eigenvalue weighted by atomic mass is 10.4. The Kier molecular flexibility index (Phi) is 3.29. The molecule has 0 unspecified atom stereocenters. The van der Waals surface area contributed by atoms with E-state index in [0.29, 0.717) is 4.90 Å². The van der Waals surface area contributed by atoms with Crippen LogP contribution >= 0.6 is 11.8 Å². The lowest BCUT2D eigenvalue weighted by molar-refractivity contribution is 0.483. The van der Waals surface area contributed by atoms with Crippen LogP contribution in [0.2, 0.25) is 0 Å². The molecule has 0 aromatic heterocycles. The average molecular weight is 222 g/mol. The maximum Gasteiger partial charge on any atom is 0.294 e. The molecule has 72 valence electrons. The van der Waals surface area contributed by atoms with E-state index in [-0.39, 0.29) is 4.90 Å². The summed E-state index contributed by atoms with van der Waals surface area (Å²) in [4.78, 5) is 0.436. The summed E-state index contributed by atoms with van der Waals surface area (Å²) in [6.45, 7) is 0. The molecule has 1 aromatic rings. The van der Waals surface area contributed by atoms with Gasteiger partial charge in [0.15, 0.2) is 0 Å². The van der Waals surface area contributed by atoms with Crippen molar-refractivity contribution in [3.05, 3.63) is 24.3 Å². The first-order valence-electron chi connectivity index (χ1n) is 3.30. The van der Waals surface area contributed by atoms with E-state index in [1.165, 1.54) is 24.3 Å². The zero-order chi connectivity index (χ0) is 9.90. The Bertz CT molecular complexity index is 371. The summed E-state index contributed by atoms with van der Waals surface area (Å²) in [5, 5.41) is 0. The molecule has 1 N–H and O–H groups in total. The Balaban J connectivity index is 2.94. The van der Waals surface area contributed by atoms with Crippen molar-refractivity contribution in [3.63, 3.8) is 0 Å². The van der Waals surface area contributed by atoms with E-state index in [0.717, 1.165) is 11.8 Å². The Morgan fingerprint density at radius 1 is 1.31 bits per heavy atom. The van der Waals surface area contributed by atoms with E-state index < -0.39 is 16.1 Å². The molecular weight excluding hydrogens is 215 g/mol. The molecule has 0 radical (unpaired) electrons. The van der Waals surface area contributed by atoms with Crippen molar-refractivity contribution in [3.8, 4) is 0 Å². The second-order valence-electron chi connectivity index (χ2n) is 2.20. The maximum absolute atomic E-state index is 11.8. The van der Waals surface area contributed by atoms with E-state index in [1.54, 1.807) is 0 Å². The molecular formula is C7H7FO3S2. The van der Waals surface area contributed by atoms with Gasteiger partial charge in [-0.1, -0.05) is 11.8 Å². The molecule has 0 amide bonds. The predicted molar refractivity (Wildman–Crippen MR) is 48.1 cm³/mol. The molecule has 1 rings (SSSR count). The fourth-order valence-corrected chi connectivity index (χ4v) is 1.71. The number of alkyl halides is 1. The van der Waals surface area contributed by atoms with Gasteiger partial charge < -0.3 is 0 Å². The van der Waals surface area contributed by atoms with Crippen molar-refractivity contribution < 1.29 is 17.4 Å². The molecule has 0 atom stereocenters. The van der Waals surface area contributed by atoms with Crippen LogP contribution in [-0.2, 0) is 10.1 Å². The van der Waals surface area contributed by atoms with Gasteiger partial charge in [0.2, 0.25) is 0 Å². The molecule has 0 heterocycles. The Labute approximate surface area is 79.7 Å². The van der Waals surface area contributed by atoms with Crippen LogP contribution in [0.5, 0.6) is 0 Å². The Morgan fingerprint density at radius 3 is 2.23 bits per heavy atom. The quantitative estimate of drug-likeness (QED) is 0.627. The van der Waals surface area contributed by atoms with E-state index in [2.05, 4.69) is 0 Å². The second kappa shape index (κ2) is 4.08. The summed E-state index contributed by atoms with van der Waals surface area (Å²) in [5.41, 5.74) is 0. The second-order valence-corrected chi connectivity index (χ2v) is 4.60. The van der Waals surface area contributed by atoms with Crippen LogP contribution in [-0.4, -0.2) is 19.0 Å². The minimum absolute atomic E-state index is 0.185. The smallest absolute Gasteiger partial charge is 0.282 e. The van der Waals surface area contributed by atoms with Gasteiger partial charge in [0.05, 0.1) is 4.90 Å². The molecule has 0 aliphatic carbocycles. The molecule has 0 aliphatic rings. The number of thioether (sulfide) groups is 1. The Hall–Kier alpha value is -0.590. The molecule has 0 saturated heterocycles. The zero-order valence-electron chi connectivity index (χ0n) is 6.47. The van der Waals surface area contributed by atoms with Crippen LogP contribution < -0.4 is 0 Å². The van der Waals surface area contributed by atoms with Crippen molar-refractivity contribution in [1.82, 2.24) is 0 Å². The fraction of sp³-hybridized carbons (Fsp3) is 0.143. The van der Waals surface area contributed by atoms with E-state index in [4.69, 9.17) is 4.55 Å². The third-order valence-electron chi connectivity index (χ3n) is 1.34. The molecule has 13 heavy (non-hydrogen) atoms. The fourth-order valence-electron chi connectivity index (χ4n) is 0.771. The van der Waals surface area contributed by atoms with E-state index >= 15 is 0 Å². The lowest BCUT2D eigenvalue weighted by Gasteiger charge is -1.98. The monoisotopic (exact) mass is 222 g/mol. The molecule has 0 bridgehead atoms. The first-order valence-corrected chi connectivity index (χ1v) is 5.73. The number of hydrogen-bond acceptors (Lipinski definition) is 3. The van der Waals surface area contributed by atoms with Gasteiger partial charge in [-0.25, -0.2) is 4.39 Å². The minimum atomic E-state index is -4.14. The largest absolute Gasteiger partial charge is 0.294 e. The number of benzene rings is 1. The SMILES string of the molecule is O=S(=O)(O)c1ccc(SCF)cc1. The summed E-state index contributed by atoms with van der Waals surface area (Å²) in [6.07, 6.45) is 0. The van der Waals surface area contributed by atoms with Gasteiger partial charge in [-0.05, 0) is 24.3 Å². The van der Waals surface area contributed by atoms with Gasteiger partial charge in [0.25, 0.3) is 10.1 Å². The molecule has 1 aromatic carbocycles. The standard InChI is InChI=1S/C7H7FO3S2/c8-5-12-6-1-3-7(4-2-6)13(9,10)11/h1-4H,5H2,(H,9,10,11). The average Bonchev–Trinajstić information content (AvgIpc) is 2.04. The van der Waals surface area contributed by atoms with Crippen molar-refractivity contribution in [1.29, 1.82) is 0 Å². The minimum Gasteiger partial charge on any atom is -0.282 e. The molecule has 0 aliphatic heterocycles. The van der Waals surface area contributed by atoms with Crippen molar-refractivity contribution in [2.24, 2.45) is 0 Å². The van der Waals surface area contributed by atoms with Gasteiger partial charge >= 0.3 is 0 Å². The van der Waals surface area contributed by atoms with Gasteiger partial charge in [0.1, 0.15) is 6.01 Å². The molecule has 6 heteroatoms. The molecule has 0 fully saturated rings. The molecule has 0 spiro atoms. The van der Waals surface area contributed by atoms with Crippen molar-refractivity contribution in [2.75, 3.05) is 6.01 Å². The molecule has 3 nitrogen and oxygen atoms in total. The summed E-state index contributed by atoms with van der Waals surface area (Å²) < 4.78 is 41.6. The van der Waals surface area contributed by atoms with Gasteiger partial charge in [-0.2, -0.15) is 8.42 Å². The zero-order valence-corrected chi connectivity index (χ0v) is 8.11. The summed E-state index contributed by atoms with van der Waals surface area (Å²) in [7, 11) is -4.14. The summed E-state index contributed by atoms with van der Waals surface area (Å²) in [6, 6.07) is 4.77. The summed E-state index contributed by atoms with van der Waals surface area (Å²) in [5.74, 6) is 0. The van der Waals surface area contributed by atoms with Gasteiger partial charge in [0, 0.05) is 4.90 Å². The molecule has 0 saturated carbocycles.